The Morgan fingerprint density at radius 1 is 1.50 bits per heavy atom. The summed E-state index contributed by atoms with van der Waals surface area (Å²) in [6.45, 7) is 2.60. The number of hydrogen-bond acceptors (Lipinski definition) is 5. The number of imide groups is 1. The maximum atomic E-state index is 12.4. The van der Waals surface area contributed by atoms with Gasteiger partial charge in [0.25, 0.3) is 11.8 Å². The summed E-state index contributed by atoms with van der Waals surface area (Å²) in [5.41, 5.74) is -0.579. The third kappa shape index (κ3) is 2.05. The summed E-state index contributed by atoms with van der Waals surface area (Å²) in [7, 11) is 0. The minimum Gasteiger partial charge on any atom is -0.334 e. The van der Waals surface area contributed by atoms with Crippen LogP contribution in [0.5, 0.6) is 0 Å². The number of hydrogen-bond donors (Lipinski definition) is 2. The van der Waals surface area contributed by atoms with Crippen LogP contribution in [0.2, 0.25) is 0 Å². The van der Waals surface area contributed by atoms with Gasteiger partial charge < -0.3 is 10.2 Å². The van der Waals surface area contributed by atoms with Crippen LogP contribution in [-0.4, -0.2) is 46.4 Å². The summed E-state index contributed by atoms with van der Waals surface area (Å²) >= 11 is 1.41. The number of aryl methyl sites for hydroxylation is 1. The molecule has 2 aliphatic rings. The van der Waals surface area contributed by atoms with Gasteiger partial charge in [-0.2, -0.15) is 0 Å². The topological polar surface area (TPSA) is 91.4 Å². The number of nitrogens with one attached hydrogen (secondary N) is 2. The van der Waals surface area contributed by atoms with Gasteiger partial charge in [0.15, 0.2) is 0 Å². The molecule has 0 saturated carbocycles. The molecule has 7 nitrogen and oxygen atoms in total. The number of likely N-dealkylation sites (tertiary alicyclic amines) is 1. The highest BCUT2D eigenvalue weighted by Crippen LogP contribution is 2.25. The highest BCUT2D eigenvalue weighted by Gasteiger charge is 2.49. The van der Waals surface area contributed by atoms with Gasteiger partial charge in [0.2, 0.25) is 0 Å². The lowest BCUT2D eigenvalue weighted by Crippen LogP contribution is -2.59. The number of carbonyl (C=O) groups is 3. The molecule has 1 spiro atoms. The first-order valence-corrected chi connectivity index (χ1v) is 7.23. The van der Waals surface area contributed by atoms with Crippen molar-refractivity contribution in [3.8, 4) is 0 Å². The lowest BCUT2D eigenvalue weighted by Gasteiger charge is -2.37. The molecule has 2 N–H and O–H groups in total. The van der Waals surface area contributed by atoms with E-state index in [0.717, 1.165) is 5.01 Å². The molecular weight excluding hydrogens is 280 g/mol. The summed E-state index contributed by atoms with van der Waals surface area (Å²) in [4.78, 5) is 41.4. The molecule has 1 unspecified atom stereocenters. The third-order valence-corrected chi connectivity index (χ3v) is 4.41. The monoisotopic (exact) mass is 294 g/mol. The van der Waals surface area contributed by atoms with Crippen molar-refractivity contribution in [2.24, 2.45) is 0 Å². The van der Waals surface area contributed by atoms with Crippen molar-refractivity contribution in [3.63, 3.8) is 0 Å². The molecular formula is C12H14N4O3S. The normalized spacial score (nSPS) is 25.8. The lowest BCUT2D eigenvalue weighted by molar-refractivity contribution is -0.125. The second-order valence-electron chi connectivity index (χ2n) is 5.07. The molecule has 0 aliphatic carbocycles. The van der Waals surface area contributed by atoms with Gasteiger partial charge in [0.1, 0.15) is 11.2 Å². The first-order chi connectivity index (χ1) is 9.50. The van der Waals surface area contributed by atoms with Gasteiger partial charge in [-0.25, -0.2) is 9.78 Å². The number of nitrogens with zero attached hydrogens (tertiary/aromatic N) is 2. The maximum Gasteiger partial charge on any atom is 0.322 e. The van der Waals surface area contributed by atoms with Crippen molar-refractivity contribution < 1.29 is 14.4 Å². The van der Waals surface area contributed by atoms with E-state index in [4.69, 9.17) is 0 Å². The lowest BCUT2D eigenvalue weighted by atomic mass is 9.89. The smallest absolute Gasteiger partial charge is 0.322 e. The molecule has 2 aliphatic heterocycles. The fourth-order valence-corrected chi connectivity index (χ4v) is 3.25. The van der Waals surface area contributed by atoms with Crippen molar-refractivity contribution in [3.05, 3.63) is 16.1 Å². The van der Waals surface area contributed by atoms with E-state index in [2.05, 4.69) is 15.6 Å². The van der Waals surface area contributed by atoms with Crippen molar-refractivity contribution in [2.45, 2.75) is 25.3 Å². The fourth-order valence-electron chi connectivity index (χ4n) is 2.67. The summed E-state index contributed by atoms with van der Waals surface area (Å²) in [6.07, 6.45) is 1.22. The van der Waals surface area contributed by atoms with Crippen LogP contribution in [0.15, 0.2) is 5.38 Å². The van der Waals surface area contributed by atoms with Gasteiger partial charge in [0.05, 0.1) is 11.6 Å². The highest BCUT2D eigenvalue weighted by atomic mass is 32.1. The van der Waals surface area contributed by atoms with Crippen LogP contribution in [-0.2, 0) is 4.79 Å². The van der Waals surface area contributed by atoms with E-state index >= 15 is 0 Å². The highest BCUT2D eigenvalue weighted by molar-refractivity contribution is 7.09. The maximum absolute atomic E-state index is 12.4. The van der Waals surface area contributed by atoms with E-state index in [1.165, 1.54) is 11.3 Å². The largest absolute Gasteiger partial charge is 0.334 e. The predicted octanol–water partition coefficient (Wildman–Crippen LogP) is 0.266. The van der Waals surface area contributed by atoms with E-state index in [-0.39, 0.29) is 18.4 Å². The Morgan fingerprint density at radius 2 is 2.30 bits per heavy atom. The van der Waals surface area contributed by atoms with E-state index in [9.17, 15) is 14.4 Å². The molecule has 0 radical (unpaired) electrons. The minimum atomic E-state index is -0.976. The second-order valence-corrected chi connectivity index (χ2v) is 6.13. The number of carbonyl (C=O) groups excluding carboxylic acids is 3. The fraction of sp³-hybridized carbons (Fsp3) is 0.500. The Morgan fingerprint density at radius 3 is 2.90 bits per heavy atom. The van der Waals surface area contributed by atoms with Gasteiger partial charge in [-0.15, -0.1) is 11.3 Å². The van der Waals surface area contributed by atoms with Crippen molar-refractivity contribution in [1.29, 1.82) is 0 Å². The molecule has 3 rings (SSSR count). The Balaban J connectivity index is 1.80. The van der Waals surface area contributed by atoms with Gasteiger partial charge in [-0.1, -0.05) is 0 Å². The molecule has 8 heteroatoms. The van der Waals surface area contributed by atoms with Crippen molar-refractivity contribution in [2.75, 3.05) is 13.1 Å². The third-order valence-electron chi connectivity index (χ3n) is 3.63. The minimum absolute atomic E-state index is 0.192. The molecule has 3 heterocycles. The molecule has 1 aromatic rings. The summed E-state index contributed by atoms with van der Waals surface area (Å²) < 4.78 is 0. The van der Waals surface area contributed by atoms with Crippen molar-refractivity contribution >= 4 is 29.2 Å². The van der Waals surface area contributed by atoms with Gasteiger partial charge in [-0.05, 0) is 19.8 Å². The molecule has 0 bridgehead atoms. The first-order valence-electron chi connectivity index (χ1n) is 6.35. The van der Waals surface area contributed by atoms with Gasteiger partial charge in [0, 0.05) is 11.9 Å². The molecule has 4 amide bonds. The molecule has 106 valence electrons. The number of aromatic nitrogens is 1. The molecule has 2 fully saturated rings. The van der Waals surface area contributed by atoms with Crippen molar-refractivity contribution in [1.82, 2.24) is 20.5 Å². The summed E-state index contributed by atoms with van der Waals surface area (Å²) in [6, 6.07) is -0.492. The average Bonchev–Trinajstić information content (AvgIpc) is 2.94. The average molecular weight is 294 g/mol. The quantitative estimate of drug-likeness (QED) is 0.727. The molecule has 1 aromatic heterocycles. The first kappa shape index (κ1) is 13.0. The zero-order valence-electron chi connectivity index (χ0n) is 10.9. The molecule has 2 saturated heterocycles. The number of rotatable bonds is 1. The number of piperidine rings is 1. The van der Waals surface area contributed by atoms with E-state index in [1.54, 1.807) is 10.3 Å². The van der Waals surface area contributed by atoms with E-state index in [1.807, 2.05) is 6.92 Å². The zero-order chi connectivity index (χ0) is 14.3. The van der Waals surface area contributed by atoms with Gasteiger partial charge >= 0.3 is 6.03 Å². The van der Waals surface area contributed by atoms with Crippen LogP contribution < -0.4 is 10.6 Å². The van der Waals surface area contributed by atoms with Crippen LogP contribution in [0.3, 0.4) is 0 Å². The Hall–Kier alpha value is -1.96. The number of urea groups is 1. The molecule has 0 aromatic carbocycles. The number of thiazole rings is 1. The SMILES string of the molecule is Cc1nc(C(=O)N2CCCC3(C2)NC(=O)NC3=O)cs1. The standard InChI is InChI=1S/C12H14N4O3S/c1-7-13-8(5-20-7)9(17)16-4-2-3-12(6-16)10(18)14-11(19)15-12/h5H,2-4,6H2,1H3,(H2,14,15,18,19). The van der Waals surface area contributed by atoms with E-state index in [0.29, 0.717) is 25.1 Å². The van der Waals surface area contributed by atoms with Gasteiger partial charge in [-0.3, -0.25) is 14.9 Å². The molecule has 20 heavy (non-hydrogen) atoms. The van der Waals surface area contributed by atoms with Crippen LogP contribution in [0, 0.1) is 6.92 Å². The Bertz CT molecular complexity index is 599. The zero-order valence-corrected chi connectivity index (χ0v) is 11.7. The molecule has 1 atom stereocenters. The summed E-state index contributed by atoms with van der Waals surface area (Å²) in [5.74, 6) is -0.545. The van der Waals surface area contributed by atoms with Crippen LogP contribution in [0.1, 0.15) is 28.3 Å². The Labute approximate surface area is 119 Å². The van der Waals surface area contributed by atoms with Crippen LogP contribution >= 0.6 is 11.3 Å². The van der Waals surface area contributed by atoms with Crippen LogP contribution in [0.4, 0.5) is 4.79 Å². The second kappa shape index (κ2) is 4.55. The summed E-state index contributed by atoms with van der Waals surface area (Å²) in [5, 5.41) is 7.43. The number of amides is 4. The Kier molecular flexibility index (Phi) is 2.97. The van der Waals surface area contributed by atoms with E-state index < -0.39 is 11.6 Å². The predicted molar refractivity (Wildman–Crippen MR) is 71.4 cm³/mol. The van der Waals surface area contributed by atoms with Crippen LogP contribution in [0.25, 0.3) is 0 Å².